The monoisotopic (exact) mass is 708 g/mol. The van der Waals surface area contributed by atoms with Gasteiger partial charge >= 0.3 is 0 Å². The van der Waals surface area contributed by atoms with Gasteiger partial charge in [0.05, 0.1) is 22.4 Å². The highest BCUT2D eigenvalue weighted by Crippen LogP contribution is 2.58. The molecule has 56 heavy (non-hydrogen) atoms. The fraction of sp³-hybridized carbons (Fsp3) is 0. The smallest absolute Gasteiger partial charge is 0.0788 e. The predicted octanol–water partition coefficient (Wildman–Crippen LogP) is 14.6. The first-order valence-electron chi connectivity index (χ1n) is 19.3. The SMILES string of the molecule is c1ccc(-c2ccc3ccc4c(ccc5ccc(-c6ccc7c8c(cccc68)-c6c-7c(-c7ccccc7)c7ccccc7c6-c6ccccc6)nc54)c3n2)cc1. The molecule has 2 heteroatoms. The zero-order valence-electron chi connectivity index (χ0n) is 30.4. The zero-order chi connectivity index (χ0) is 36.7. The third-order valence-electron chi connectivity index (χ3n) is 11.8. The van der Waals surface area contributed by atoms with Gasteiger partial charge in [0.2, 0.25) is 0 Å². The average Bonchev–Trinajstić information content (AvgIpc) is 3.60. The molecule has 0 saturated carbocycles. The minimum atomic E-state index is 0.965. The highest BCUT2D eigenvalue weighted by molar-refractivity contribution is 6.29. The molecule has 0 radical (unpaired) electrons. The van der Waals surface area contributed by atoms with Gasteiger partial charge in [0, 0.05) is 32.7 Å². The van der Waals surface area contributed by atoms with E-state index in [1.165, 1.54) is 66.1 Å². The lowest BCUT2D eigenvalue weighted by atomic mass is 9.82. The maximum atomic E-state index is 5.49. The van der Waals surface area contributed by atoms with Crippen molar-refractivity contribution in [3.05, 3.63) is 194 Å². The summed E-state index contributed by atoms with van der Waals surface area (Å²) in [6.45, 7) is 0. The van der Waals surface area contributed by atoms with Crippen molar-refractivity contribution in [3.8, 4) is 67.0 Å². The van der Waals surface area contributed by atoms with E-state index in [2.05, 4.69) is 188 Å². The topological polar surface area (TPSA) is 25.8 Å². The van der Waals surface area contributed by atoms with Gasteiger partial charge in [-0.05, 0) is 78.2 Å². The van der Waals surface area contributed by atoms with Crippen LogP contribution in [0, 0.1) is 0 Å². The van der Waals surface area contributed by atoms with Gasteiger partial charge in [-0.3, -0.25) is 0 Å². The van der Waals surface area contributed by atoms with Crippen LogP contribution in [0.4, 0.5) is 0 Å². The molecule has 0 aliphatic heterocycles. The molecule has 0 atom stereocenters. The van der Waals surface area contributed by atoms with Crippen LogP contribution in [-0.2, 0) is 0 Å². The normalized spacial score (nSPS) is 11.9. The van der Waals surface area contributed by atoms with Crippen molar-refractivity contribution < 1.29 is 0 Å². The summed E-state index contributed by atoms with van der Waals surface area (Å²) in [4.78, 5) is 10.7. The lowest BCUT2D eigenvalue weighted by Gasteiger charge is -2.20. The lowest BCUT2D eigenvalue weighted by molar-refractivity contribution is 1.40. The molecular weight excluding hydrogens is 677 g/mol. The van der Waals surface area contributed by atoms with Crippen LogP contribution in [0.3, 0.4) is 0 Å². The first kappa shape index (κ1) is 31.0. The molecule has 0 saturated heterocycles. The Balaban J connectivity index is 1.11. The molecule has 1 aliphatic rings. The molecule has 2 heterocycles. The van der Waals surface area contributed by atoms with Gasteiger partial charge in [-0.2, -0.15) is 0 Å². The van der Waals surface area contributed by atoms with Crippen LogP contribution in [0.1, 0.15) is 0 Å². The molecule has 12 rings (SSSR count). The number of aromatic nitrogens is 2. The number of benzene rings is 9. The maximum absolute atomic E-state index is 5.49. The first-order valence-corrected chi connectivity index (χ1v) is 19.3. The summed E-state index contributed by atoms with van der Waals surface area (Å²) in [5, 5.41) is 9.49. The predicted molar refractivity (Wildman–Crippen MR) is 236 cm³/mol. The molecule has 0 N–H and O–H groups in total. The van der Waals surface area contributed by atoms with E-state index < -0.39 is 0 Å². The fourth-order valence-electron chi connectivity index (χ4n) is 9.33. The van der Waals surface area contributed by atoms with Gasteiger partial charge in [-0.15, -0.1) is 0 Å². The molecule has 0 fully saturated rings. The quantitative estimate of drug-likeness (QED) is 0.170. The van der Waals surface area contributed by atoms with Crippen molar-refractivity contribution >= 4 is 54.1 Å². The Morgan fingerprint density at radius 3 is 1.29 bits per heavy atom. The van der Waals surface area contributed by atoms with E-state index in [9.17, 15) is 0 Å². The summed E-state index contributed by atoms with van der Waals surface area (Å²) in [6, 6.07) is 70.1. The van der Waals surface area contributed by atoms with Crippen LogP contribution in [0.25, 0.3) is 121 Å². The van der Waals surface area contributed by atoms with E-state index in [-0.39, 0.29) is 0 Å². The minimum Gasteiger partial charge on any atom is -0.247 e. The Morgan fingerprint density at radius 2 is 0.696 bits per heavy atom. The number of rotatable bonds is 4. The fourth-order valence-corrected chi connectivity index (χ4v) is 9.33. The lowest BCUT2D eigenvalue weighted by Crippen LogP contribution is -1.93. The summed E-state index contributed by atoms with van der Waals surface area (Å²) >= 11 is 0. The van der Waals surface area contributed by atoms with Crippen molar-refractivity contribution in [3.63, 3.8) is 0 Å². The van der Waals surface area contributed by atoms with Gasteiger partial charge in [0.25, 0.3) is 0 Å². The highest BCUT2D eigenvalue weighted by Gasteiger charge is 2.31. The van der Waals surface area contributed by atoms with Crippen molar-refractivity contribution in [1.82, 2.24) is 9.97 Å². The Labute approximate surface area is 324 Å². The number of hydrogen-bond acceptors (Lipinski definition) is 2. The minimum absolute atomic E-state index is 0.965. The summed E-state index contributed by atoms with van der Waals surface area (Å²) in [5.41, 5.74) is 16.3. The van der Waals surface area contributed by atoms with Crippen molar-refractivity contribution in [2.45, 2.75) is 0 Å². The van der Waals surface area contributed by atoms with Gasteiger partial charge in [-0.25, -0.2) is 9.97 Å². The molecule has 0 bridgehead atoms. The van der Waals surface area contributed by atoms with Crippen LogP contribution in [-0.4, -0.2) is 9.97 Å². The van der Waals surface area contributed by atoms with Gasteiger partial charge in [0.15, 0.2) is 0 Å². The van der Waals surface area contributed by atoms with Crippen molar-refractivity contribution in [1.29, 1.82) is 0 Å². The van der Waals surface area contributed by atoms with Crippen molar-refractivity contribution in [2.75, 3.05) is 0 Å². The van der Waals surface area contributed by atoms with Crippen LogP contribution in [0.5, 0.6) is 0 Å². The molecule has 11 aromatic rings. The second kappa shape index (κ2) is 12.0. The van der Waals surface area contributed by atoms with Gasteiger partial charge in [-0.1, -0.05) is 182 Å². The third-order valence-corrected chi connectivity index (χ3v) is 11.8. The third kappa shape index (κ3) is 4.50. The Hall–Kier alpha value is -7.42. The summed E-state index contributed by atoms with van der Waals surface area (Å²) in [7, 11) is 0. The second-order valence-electron chi connectivity index (χ2n) is 14.8. The largest absolute Gasteiger partial charge is 0.247 e. The molecule has 0 unspecified atom stereocenters. The molecule has 2 aromatic heterocycles. The Bertz CT molecular complexity index is 3300. The van der Waals surface area contributed by atoms with Crippen LogP contribution in [0.2, 0.25) is 0 Å². The number of nitrogens with zero attached hydrogens (tertiary/aromatic N) is 2. The van der Waals surface area contributed by atoms with E-state index in [0.29, 0.717) is 0 Å². The van der Waals surface area contributed by atoms with E-state index in [1.54, 1.807) is 0 Å². The standard InChI is InChI=1S/C54H32N2/c1-4-13-33(14-5-1)46-31-25-36-23-28-43-42(53(36)55-46)27-24-37-26-32-47(56-54(37)43)38-29-30-45-50-39(38)21-12-22-44(50)51-48(34-15-6-2-7-16-34)40-19-10-11-20-41(40)49(52(45)51)35-17-8-3-9-18-35/h1-32H. The Morgan fingerprint density at radius 1 is 0.250 bits per heavy atom. The molecule has 1 aliphatic carbocycles. The number of fused-ring (bicyclic) bond motifs is 9. The summed E-state index contributed by atoms with van der Waals surface area (Å²) in [5.74, 6) is 0. The summed E-state index contributed by atoms with van der Waals surface area (Å²) in [6.07, 6.45) is 0. The molecule has 0 amide bonds. The molecule has 2 nitrogen and oxygen atoms in total. The van der Waals surface area contributed by atoms with Crippen LogP contribution < -0.4 is 0 Å². The first-order chi connectivity index (χ1) is 27.8. The van der Waals surface area contributed by atoms with Gasteiger partial charge < -0.3 is 0 Å². The molecule has 9 aromatic carbocycles. The number of hydrogen-bond donors (Lipinski definition) is 0. The van der Waals surface area contributed by atoms with Crippen molar-refractivity contribution in [2.24, 2.45) is 0 Å². The Kier molecular flexibility index (Phi) is 6.66. The maximum Gasteiger partial charge on any atom is 0.0788 e. The van der Waals surface area contributed by atoms with Crippen LogP contribution >= 0.6 is 0 Å². The van der Waals surface area contributed by atoms with E-state index in [1.807, 2.05) is 6.07 Å². The van der Waals surface area contributed by atoms with E-state index in [4.69, 9.17) is 9.97 Å². The van der Waals surface area contributed by atoms with E-state index in [0.717, 1.165) is 55.1 Å². The molecular formula is C54H32N2. The average molecular weight is 709 g/mol. The summed E-state index contributed by atoms with van der Waals surface area (Å²) < 4.78 is 0. The van der Waals surface area contributed by atoms with Gasteiger partial charge in [0.1, 0.15) is 0 Å². The molecule has 0 spiro atoms. The van der Waals surface area contributed by atoms with Crippen LogP contribution in [0.15, 0.2) is 194 Å². The zero-order valence-corrected chi connectivity index (χ0v) is 30.4. The highest BCUT2D eigenvalue weighted by atomic mass is 14.7. The number of pyridine rings is 2. The molecule has 258 valence electrons. The van der Waals surface area contributed by atoms with E-state index >= 15 is 0 Å². The second-order valence-corrected chi connectivity index (χ2v) is 14.8.